The van der Waals surface area contributed by atoms with Crippen molar-refractivity contribution in [1.82, 2.24) is 4.31 Å². The van der Waals surface area contributed by atoms with Gasteiger partial charge in [-0.2, -0.15) is 4.31 Å². The second kappa shape index (κ2) is 5.77. The Morgan fingerprint density at radius 3 is 2.57 bits per heavy atom. The van der Waals surface area contributed by atoms with Crippen molar-refractivity contribution in [1.29, 1.82) is 0 Å². The third-order valence-corrected chi connectivity index (χ3v) is 6.34. The second-order valence-corrected chi connectivity index (χ2v) is 7.69. The first-order valence-corrected chi connectivity index (χ1v) is 8.54. The molecule has 1 saturated heterocycles. The third-order valence-electron chi connectivity index (χ3n) is 4.18. The van der Waals surface area contributed by atoms with E-state index in [-0.39, 0.29) is 16.5 Å². The fraction of sp³-hybridized carbons (Fsp3) is 0.533. The Morgan fingerprint density at radius 2 is 2.00 bits per heavy atom. The molecule has 2 atom stereocenters. The van der Waals surface area contributed by atoms with Crippen LogP contribution in [0.15, 0.2) is 23.1 Å². The van der Waals surface area contributed by atoms with Gasteiger partial charge in [-0.25, -0.2) is 13.2 Å². The Kier molecular flexibility index (Phi) is 4.39. The lowest BCUT2D eigenvalue weighted by Gasteiger charge is -2.35. The van der Waals surface area contributed by atoms with Crippen LogP contribution in [-0.4, -0.2) is 36.4 Å². The van der Waals surface area contributed by atoms with Gasteiger partial charge in [-0.3, -0.25) is 0 Å². The van der Waals surface area contributed by atoms with E-state index in [1.54, 1.807) is 6.92 Å². The number of aromatic carboxylic acids is 1. The maximum Gasteiger partial charge on any atom is 0.335 e. The van der Waals surface area contributed by atoms with Gasteiger partial charge in [-0.05, 0) is 50.3 Å². The van der Waals surface area contributed by atoms with E-state index in [4.69, 9.17) is 5.11 Å². The van der Waals surface area contributed by atoms with Crippen LogP contribution < -0.4 is 0 Å². The minimum absolute atomic E-state index is 0.0362. The highest BCUT2D eigenvalue weighted by molar-refractivity contribution is 7.89. The lowest BCUT2D eigenvalue weighted by molar-refractivity contribution is 0.0696. The first-order valence-electron chi connectivity index (χ1n) is 7.10. The normalized spacial score (nSPS) is 24.0. The Hall–Kier alpha value is -1.40. The summed E-state index contributed by atoms with van der Waals surface area (Å²) in [5, 5.41) is 9.14. The van der Waals surface area contributed by atoms with Crippen molar-refractivity contribution in [2.45, 2.75) is 44.6 Å². The van der Waals surface area contributed by atoms with E-state index in [1.165, 1.54) is 22.5 Å². The minimum Gasteiger partial charge on any atom is -0.478 e. The number of rotatable bonds is 3. The van der Waals surface area contributed by atoms with Gasteiger partial charge in [-0.15, -0.1) is 0 Å². The van der Waals surface area contributed by atoms with E-state index >= 15 is 0 Å². The van der Waals surface area contributed by atoms with Gasteiger partial charge < -0.3 is 5.11 Å². The number of hydrogen-bond donors (Lipinski definition) is 1. The van der Waals surface area contributed by atoms with Gasteiger partial charge in [0.15, 0.2) is 0 Å². The second-order valence-electron chi connectivity index (χ2n) is 5.83. The molecule has 5 nitrogen and oxygen atoms in total. The average Bonchev–Trinajstić information content (AvgIpc) is 2.37. The molecule has 6 heteroatoms. The Morgan fingerprint density at radius 1 is 1.33 bits per heavy atom. The van der Waals surface area contributed by atoms with E-state index in [0.717, 1.165) is 12.8 Å². The van der Waals surface area contributed by atoms with E-state index in [1.807, 2.05) is 6.92 Å². The molecule has 1 N–H and O–H groups in total. The summed E-state index contributed by atoms with van der Waals surface area (Å²) < 4.78 is 27.2. The van der Waals surface area contributed by atoms with Crippen LogP contribution in [-0.2, 0) is 10.0 Å². The topological polar surface area (TPSA) is 74.7 Å². The highest BCUT2D eigenvalue weighted by Gasteiger charge is 2.34. The number of hydrogen-bond acceptors (Lipinski definition) is 3. The molecule has 0 amide bonds. The smallest absolute Gasteiger partial charge is 0.335 e. The van der Waals surface area contributed by atoms with Crippen molar-refractivity contribution in [3.8, 4) is 0 Å². The van der Waals surface area contributed by atoms with Crippen molar-refractivity contribution in [3.63, 3.8) is 0 Å². The number of piperidine rings is 1. The SMILES string of the molecule is Cc1c(C(=O)O)cccc1S(=O)(=O)N1CCC(C)CC1C. The Balaban J connectivity index is 2.45. The number of nitrogens with zero attached hydrogens (tertiary/aromatic N) is 1. The van der Waals surface area contributed by atoms with Crippen LogP contribution >= 0.6 is 0 Å². The molecule has 0 aliphatic carbocycles. The largest absolute Gasteiger partial charge is 0.478 e. The van der Waals surface area contributed by atoms with Gasteiger partial charge in [0.25, 0.3) is 0 Å². The number of carboxylic acid groups (broad SMARTS) is 1. The summed E-state index contributed by atoms with van der Waals surface area (Å²) in [6, 6.07) is 4.34. The molecule has 21 heavy (non-hydrogen) atoms. The first-order chi connectivity index (χ1) is 9.75. The Bertz CT molecular complexity index is 654. The molecule has 0 bridgehead atoms. The highest BCUT2D eigenvalue weighted by atomic mass is 32.2. The number of sulfonamides is 1. The third kappa shape index (κ3) is 2.96. The number of carboxylic acids is 1. The van der Waals surface area contributed by atoms with E-state index in [2.05, 4.69) is 6.92 Å². The predicted octanol–water partition coefficient (Wildman–Crippen LogP) is 2.50. The molecule has 116 valence electrons. The van der Waals surface area contributed by atoms with Crippen LogP contribution in [0.3, 0.4) is 0 Å². The van der Waals surface area contributed by atoms with Crippen LogP contribution in [0.25, 0.3) is 0 Å². The molecular weight excluding hydrogens is 290 g/mol. The molecule has 1 heterocycles. The molecule has 0 aromatic heterocycles. The average molecular weight is 311 g/mol. The van der Waals surface area contributed by atoms with Crippen LogP contribution in [0.5, 0.6) is 0 Å². The van der Waals surface area contributed by atoms with Gasteiger partial charge in [-0.1, -0.05) is 13.0 Å². The molecule has 2 unspecified atom stereocenters. The summed E-state index contributed by atoms with van der Waals surface area (Å²) in [6.45, 7) is 6.06. The molecule has 1 fully saturated rings. The van der Waals surface area contributed by atoms with Gasteiger partial charge in [0, 0.05) is 12.6 Å². The number of carbonyl (C=O) groups is 1. The maximum atomic E-state index is 12.8. The first kappa shape index (κ1) is 16.0. The predicted molar refractivity (Wildman–Crippen MR) is 79.9 cm³/mol. The summed E-state index contributed by atoms with van der Waals surface area (Å²) in [7, 11) is -3.65. The van der Waals surface area contributed by atoms with Gasteiger partial charge in [0.1, 0.15) is 0 Å². The van der Waals surface area contributed by atoms with Crippen LogP contribution in [0, 0.1) is 12.8 Å². The molecule has 2 rings (SSSR count). The molecule has 1 aromatic rings. The Labute approximate surface area is 125 Å². The fourth-order valence-electron chi connectivity index (χ4n) is 2.99. The van der Waals surface area contributed by atoms with Gasteiger partial charge in [0.2, 0.25) is 10.0 Å². The van der Waals surface area contributed by atoms with E-state index in [0.29, 0.717) is 18.0 Å². The van der Waals surface area contributed by atoms with Crippen molar-refractivity contribution in [2.75, 3.05) is 6.54 Å². The van der Waals surface area contributed by atoms with Crippen molar-refractivity contribution < 1.29 is 18.3 Å². The maximum absolute atomic E-state index is 12.8. The lowest BCUT2D eigenvalue weighted by Crippen LogP contribution is -2.44. The summed E-state index contributed by atoms with van der Waals surface area (Å²) in [4.78, 5) is 11.3. The fourth-order valence-corrected chi connectivity index (χ4v) is 4.90. The zero-order valence-electron chi connectivity index (χ0n) is 12.5. The van der Waals surface area contributed by atoms with Crippen molar-refractivity contribution >= 4 is 16.0 Å². The molecule has 0 saturated carbocycles. The monoisotopic (exact) mass is 311 g/mol. The lowest BCUT2D eigenvalue weighted by atomic mass is 9.95. The van der Waals surface area contributed by atoms with E-state index in [9.17, 15) is 13.2 Å². The molecular formula is C15H21NO4S. The number of benzene rings is 1. The standard InChI is InChI=1S/C15H21NO4S/c1-10-7-8-16(11(2)9-10)21(19,20)14-6-4-5-13(12(14)3)15(17)18/h4-6,10-11H,7-9H2,1-3H3,(H,17,18). The molecule has 1 aliphatic rings. The van der Waals surface area contributed by atoms with Crippen LogP contribution in [0.4, 0.5) is 0 Å². The highest BCUT2D eigenvalue weighted by Crippen LogP contribution is 2.30. The van der Waals surface area contributed by atoms with Gasteiger partial charge in [0.05, 0.1) is 10.5 Å². The van der Waals surface area contributed by atoms with Crippen molar-refractivity contribution in [3.05, 3.63) is 29.3 Å². The molecule has 1 aliphatic heterocycles. The summed E-state index contributed by atoms with van der Waals surface area (Å²) in [6.07, 6.45) is 1.66. The zero-order chi connectivity index (χ0) is 15.8. The quantitative estimate of drug-likeness (QED) is 0.930. The summed E-state index contributed by atoms with van der Waals surface area (Å²) in [5.41, 5.74) is 0.338. The van der Waals surface area contributed by atoms with E-state index < -0.39 is 16.0 Å². The van der Waals surface area contributed by atoms with Gasteiger partial charge >= 0.3 is 5.97 Å². The molecule has 1 aromatic carbocycles. The minimum atomic E-state index is -3.65. The van der Waals surface area contributed by atoms with Crippen LogP contribution in [0.1, 0.15) is 42.6 Å². The summed E-state index contributed by atoms with van der Waals surface area (Å²) in [5.74, 6) is -0.595. The van der Waals surface area contributed by atoms with Crippen molar-refractivity contribution in [2.24, 2.45) is 5.92 Å². The van der Waals surface area contributed by atoms with Crippen LogP contribution in [0.2, 0.25) is 0 Å². The summed E-state index contributed by atoms with van der Waals surface area (Å²) >= 11 is 0. The molecule has 0 spiro atoms. The molecule has 0 radical (unpaired) electrons. The zero-order valence-corrected chi connectivity index (χ0v) is 13.4.